The van der Waals surface area contributed by atoms with Gasteiger partial charge in [-0.15, -0.1) is 0 Å². The molecule has 0 saturated heterocycles. The van der Waals surface area contributed by atoms with Crippen LogP contribution in [0.15, 0.2) is 18.2 Å². The number of benzene rings is 1. The lowest BCUT2D eigenvalue weighted by Crippen LogP contribution is -2.25. The van der Waals surface area contributed by atoms with Crippen molar-refractivity contribution >= 4 is 40.8 Å². The number of carbonyl (C=O) groups excluding carboxylic acids is 2. The van der Waals surface area contributed by atoms with Crippen LogP contribution in [0.1, 0.15) is 23.9 Å². The standard InChI is InChI=1S/C16H17Cl2N3O3/c1-4-24-16(23)15(22)19-14-9(2)20-21(10(14)3)8-11-5-6-12(17)7-13(11)18/h5-7H,4,8H2,1-3H3,(H,19,22). The van der Waals surface area contributed by atoms with E-state index in [1.165, 1.54) is 0 Å². The van der Waals surface area contributed by atoms with Crippen LogP contribution in [0.3, 0.4) is 0 Å². The van der Waals surface area contributed by atoms with Crippen LogP contribution in [-0.2, 0) is 20.9 Å². The molecule has 1 heterocycles. The molecule has 1 aromatic heterocycles. The van der Waals surface area contributed by atoms with Crippen molar-refractivity contribution in [3.05, 3.63) is 45.2 Å². The first-order valence-corrected chi connectivity index (χ1v) is 8.05. The van der Waals surface area contributed by atoms with Gasteiger partial charge in [0, 0.05) is 10.0 Å². The minimum Gasteiger partial charge on any atom is -0.459 e. The van der Waals surface area contributed by atoms with E-state index in [1.807, 2.05) is 6.07 Å². The van der Waals surface area contributed by atoms with Crippen molar-refractivity contribution in [2.75, 3.05) is 11.9 Å². The molecule has 0 aliphatic rings. The van der Waals surface area contributed by atoms with Crippen LogP contribution in [0.4, 0.5) is 5.69 Å². The Labute approximate surface area is 149 Å². The number of anilines is 1. The first kappa shape index (κ1) is 18.3. The zero-order valence-corrected chi connectivity index (χ0v) is 15.0. The van der Waals surface area contributed by atoms with Crippen molar-refractivity contribution in [3.8, 4) is 0 Å². The van der Waals surface area contributed by atoms with E-state index >= 15 is 0 Å². The second kappa shape index (κ2) is 7.68. The predicted octanol–water partition coefficient (Wildman–Crippen LogP) is 3.36. The molecule has 128 valence electrons. The third kappa shape index (κ3) is 4.07. The number of carbonyl (C=O) groups is 2. The second-order valence-corrected chi connectivity index (χ2v) is 5.96. The van der Waals surface area contributed by atoms with Crippen molar-refractivity contribution in [2.45, 2.75) is 27.3 Å². The summed E-state index contributed by atoms with van der Waals surface area (Å²) in [6.07, 6.45) is 0. The van der Waals surface area contributed by atoms with Gasteiger partial charge >= 0.3 is 11.9 Å². The zero-order valence-electron chi connectivity index (χ0n) is 13.5. The summed E-state index contributed by atoms with van der Waals surface area (Å²) in [5.41, 5.74) is 2.62. The third-order valence-electron chi connectivity index (χ3n) is 3.42. The molecule has 1 N–H and O–H groups in total. The molecule has 0 bridgehead atoms. The molecule has 24 heavy (non-hydrogen) atoms. The topological polar surface area (TPSA) is 73.2 Å². The van der Waals surface area contributed by atoms with E-state index in [0.717, 1.165) is 5.56 Å². The van der Waals surface area contributed by atoms with Gasteiger partial charge in [0.15, 0.2) is 0 Å². The number of nitrogens with one attached hydrogen (secondary N) is 1. The molecule has 1 amide bonds. The van der Waals surface area contributed by atoms with Crippen LogP contribution in [-0.4, -0.2) is 28.3 Å². The number of ether oxygens (including phenoxy) is 1. The predicted molar refractivity (Wildman–Crippen MR) is 92.5 cm³/mol. The van der Waals surface area contributed by atoms with E-state index in [-0.39, 0.29) is 6.61 Å². The van der Waals surface area contributed by atoms with E-state index in [2.05, 4.69) is 15.2 Å². The Morgan fingerprint density at radius 2 is 2.00 bits per heavy atom. The smallest absolute Gasteiger partial charge is 0.397 e. The summed E-state index contributed by atoms with van der Waals surface area (Å²) in [5.74, 6) is -1.75. The van der Waals surface area contributed by atoms with E-state index in [4.69, 9.17) is 23.2 Å². The first-order chi connectivity index (χ1) is 11.3. The van der Waals surface area contributed by atoms with Gasteiger partial charge in [0.1, 0.15) is 0 Å². The van der Waals surface area contributed by atoms with Gasteiger partial charge in [-0.2, -0.15) is 5.10 Å². The number of aryl methyl sites for hydroxylation is 1. The van der Waals surface area contributed by atoms with Crippen molar-refractivity contribution < 1.29 is 14.3 Å². The molecule has 2 rings (SSSR count). The Morgan fingerprint density at radius 3 is 2.62 bits per heavy atom. The molecule has 8 heteroatoms. The normalized spacial score (nSPS) is 10.5. The lowest BCUT2D eigenvalue weighted by atomic mass is 10.2. The quantitative estimate of drug-likeness (QED) is 0.662. The number of amides is 1. The fraction of sp³-hybridized carbons (Fsp3) is 0.312. The minimum absolute atomic E-state index is 0.137. The summed E-state index contributed by atoms with van der Waals surface area (Å²) in [5, 5.41) is 8.02. The van der Waals surface area contributed by atoms with Crippen molar-refractivity contribution in [3.63, 3.8) is 0 Å². The van der Waals surface area contributed by atoms with Gasteiger partial charge in [0.2, 0.25) is 0 Å². The summed E-state index contributed by atoms with van der Waals surface area (Å²) in [6.45, 7) is 5.73. The molecule has 6 nitrogen and oxygen atoms in total. The maximum absolute atomic E-state index is 11.8. The Morgan fingerprint density at radius 1 is 1.29 bits per heavy atom. The highest BCUT2D eigenvalue weighted by atomic mass is 35.5. The molecule has 0 fully saturated rings. The monoisotopic (exact) mass is 369 g/mol. The Kier molecular flexibility index (Phi) is 5.85. The van der Waals surface area contributed by atoms with Crippen molar-refractivity contribution in [1.82, 2.24) is 9.78 Å². The number of rotatable bonds is 4. The van der Waals surface area contributed by atoms with Crippen LogP contribution < -0.4 is 5.32 Å². The molecule has 0 aliphatic heterocycles. The lowest BCUT2D eigenvalue weighted by Gasteiger charge is -2.08. The fourth-order valence-corrected chi connectivity index (χ4v) is 2.67. The SMILES string of the molecule is CCOC(=O)C(=O)Nc1c(C)nn(Cc2ccc(Cl)cc2Cl)c1C. The average molecular weight is 370 g/mol. The molecule has 0 saturated carbocycles. The first-order valence-electron chi connectivity index (χ1n) is 7.29. The van der Waals surface area contributed by atoms with Gasteiger partial charge < -0.3 is 10.1 Å². The van der Waals surface area contributed by atoms with Crippen LogP contribution in [0.25, 0.3) is 0 Å². The van der Waals surface area contributed by atoms with E-state index in [0.29, 0.717) is 33.7 Å². The number of aromatic nitrogens is 2. The molecule has 0 atom stereocenters. The number of esters is 1. The lowest BCUT2D eigenvalue weighted by molar-refractivity contribution is -0.152. The van der Waals surface area contributed by atoms with Gasteiger partial charge in [-0.3, -0.25) is 9.48 Å². The van der Waals surface area contributed by atoms with E-state index in [9.17, 15) is 9.59 Å². The van der Waals surface area contributed by atoms with Crippen molar-refractivity contribution in [2.24, 2.45) is 0 Å². The number of hydrogen-bond donors (Lipinski definition) is 1. The Balaban J connectivity index is 2.22. The largest absolute Gasteiger partial charge is 0.459 e. The summed E-state index contributed by atoms with van der Waals surface area (Å²) in [7, 11) is 0. The average Bonchev–Trinajstić information content (AvgIpc) is 2.78. The molecule has 0 spiro atoms. The zero-order chi connectivity index (χ0) is 17.9. The molecule has 2 aromatic rings. The maximum atomic E-state index is 11.8. The molecule has 0 unspecified atom stereocenters. The van der Waals surface area contributed by atoms with Crippen LogP contribution in [0.5, 0.6) is 0 Å². The third-order valence-corrected chi connectivity index (χ3v) is 4.00. The summed E-state index contributed by atoms with van der Waals surface area (Å²) in [6, 6.07) is 5.23. The summed E-state index contributed by atoms with van der Waals surface area (Å²) in [4.78, 5) is 23.3. The Hall–Kier alpha value is -2.05. The highest BCUT2D eigenvalue weighted by molar-refractivity contribution is 6.37. The number of nitrogens with zero attached hydrogens (tertiary/aromatic N) is 2. The van der Waals surface area contributed by atoms with Gasteiger partial charge in [-0.1, -0.05) is 29.3 Å². The molecular formula is C16H17Cl2N3O3. The molecular weight excluding hydrogens is 353 g/mol. The van der Waals surface area contributed by atoms with Gasteiger partial charge in [-0.05, 0) is 38.5 Å². The summed E-state index contributed by atoms with van der Waals surface area (Å²) < 4.78 is 6.38. The van der Waals surface area contributed by atoms with Crippen LogP contribution in [0, 0.1) is 13.8 Å². The van der Waals surface area contributed by atoms with Gasteiger partial charge in [0.25, 0.3) is 0 Å². The number of hydrogen-bond acceptors (Lipinski definition) is 4. The fourth-order valence-electron chi connectivity index (χ4n) is 2.20. The summed E-state index contributed by atoms with van der Waals surface area (Å²) >= 11 is 12.1. The van der Waals surface area contributed by atoms with Crippen LogP contribution >= 0.6 is 23.2 Å². The van der Waals surface area contributed by atoms with E-state index in [1.54, 1.807) is 37.6 Å². The highest BCUT2D eigenvalue weighted by Gasteiger charge is 2.20. The van der Waals surface area contributed by atoms with E-state index < -0.39 is 11.9 Å². The molecule has 1 aromatic carbocycles. The van der Waals surface area contributed by atoms with Gasteiger partial charge in [0.05, 0.1) is 30.2 Å². The molecule has 0 aliphatic carbocycles. The highest BCUT2D eigenvalue weighted by Crippen LogP contribution is 2.25. The second-order valence-electron chi connectivity index (χ2n) is 5.11. The van der Waals surface area contributed by atoms with Gasteiger partial charge in [-0.25, -0.2) is 4.79 Å². The maximum Gasteiger partial charge on any atom is 0.397 e. The molecule has 0 radical (unpaired) electrons. The minimum atomic E-state index is -0.926. The van der Waals surface area contributed by atoms with Crippen LogP contribution in [0.2, 0.25) is 10.0 Å². The number of halogens is 2. The Bertz CT molecular complexity index is 787. The van der Waals surface area contributed by atoms with Crippen molar-refractivity contribution in [1.29, 1.82) is 0 Å².